The first-order valence-electron chi connectivity index (χ1n) is 8.32. The molecule has 0 spiro atoms. The maximum absolute atomic E-state index is 14.1. The molecule has 0 fully saturated rings. The summed E-state index contributed by atoms with van der Waals surface area (Å²) in [5.74, 6) is -6.22. The SMILES string of the molecule is O=C(CN1C(=O)Nc2ccc(F)c(F)c2S1(=O)=O)N[C@H]1COc2cc(F)cc(F)c21. The fraction of sp³-hybridized carbons (Fsp3) is 0.176. The molecule has 13 heteroatoms. The van der Waals surface area contributed by atoms with Crippen molar-refractivity contribution in [2.75, 3.05) is 18.5 Å². The molecule has 0 unspecified atom stereocenters. The minimum absolute atomic E-state index is 0.0188. The lowest BCUT2D eigenvalue weighted by molar-refractivity contribution is -0.121. The summed E-state index contributed by atoms with van der Waals surface area (Å²) in [6, 6.07) is 0.673. The van der Waals surface area contributed by atoms with Crippen molar-refractivity contribution in [1.29, 1.82) is 0 Å². The molecule has 0 aromatic heterocycles. The van der Waals surface area contributed by atoms with Crippen LogP contribution in [0, 0.1) is 23.3 Å². The Hall–Kier alpha value is -3.35. The van der Waals surface area contributed by atoms with E-state index < -0.39 is 68.4 Å². The Balaban J connectivity index is 1.58. The van der Waals surface area contributed by atoms with Crippen molar-refractivity contribution in [3.05, 3.63) is 53.1 Å². The zero-order valence-corrected chi connectivity index (χ0v) is 15.5. The number of hydrogen-bond donors (Lipinski definition) is 2. The summed E-state index contributed by atoms with van der Waals surface area (Å²) in [7, 11) is -4.90. The van der Waals surface area contributed by atoms with Gasteiger partial charge in [0.25, 0.3) is 10.0 Å². The summed E-state index contributed by atoms with van der Waals surface area (Å²) in [4.78, 5) is 23.4. The molecule has 2 heterocycles. The normalized spacial score (nSPS) is 18.9. The van der Waals surface area contributed by atoms with Gasteiger partial charge in [0.1, 0.15) is 35.4 Å². The average molecular weight is 445 g/mol. The lowest BCUT2D eigenvalue weighted by Crippen LogP contribution is -2.49. The second-order valence-electron chi connectivity index (χ2n) is 6.41. The number of ether oxygens (including phenoxy) is 1. The van der Waals surface area contributed by atoms with Gasteiger partial charge in [0.2, 0.25) is 5.91 Å². The number of nitrogens with one attached hydrogen (secondary N) is 2. The molecule has 0 bridgehead atoms. The van der Waals surface area contributed by atoms with E-state index in [0.29, 0.717) is 12.1 Å². The van der Waals surface area contributed by atoms with Crippen LogP contribution in [0.5, 0.6) is 5.75 Å². The predicted octanol–water partition coefficient (Wildman–Crippen LogP) is 2.03. The molecule has 1 atom stereocenters. The number of fused-ring (bicyclic) bond motifs is 2. The van der Waals surface area contributed by atoms with Crippen molar-refractivity contribution >= 4 is 27.6 Å². The van der Waals surface area contributed by atoms with Crippen molar-refractivity contribution in [1.82, 2.24) is 9.62 Å². The number of nitrogens with zero attached hydrogens (tertiary/aromatic N) is 1. The highest BCUT2D eigenvalue weighted by molar-refractivity contribution is 7.90. The first kappa shape index (κ1) is 19.9. The third-order valence-electron chi connectivity index (χ3n) is 4.50. The van der Waals surface area contributed by atoms with Crippen molar-refractivity contribution < 1.29 is 40.3 Å². The van der Waals surface area contributed by atoms with E-state index in [1.54, 1.807) is 0 Å². The molecule has 4 rings (SSSR count). The Bertz CT molecular complexity index is 1200. The van der Waals surface area contributed by atoms with E-state index in [2.05, 4.69) is 10.6 Å². The van der Waals surface area contributed by atoms with Gasteiger partial charge in [-0.1, -0.05) is 0 Å². The van der Waals surface area contributed by atoms with Crippen LogP contribution in [0.2, 0.25) is 0 Å². The molecule has 0 aliphatic carbocycles. The lowest BCUT2D eigenvalue weighted by Gasteiger charge is -2.28. The zero-order chi connectivity index (χ0) is 21.8. The fourth-order valence-corrected chi connectivity index (χ4v) is 4.69. The van der Waals surface area contributed by atoms with Gasteiger partial charge in [0.15, 0.2) is 11.6 Å². The molecule has 30 heavy (non-hydrogen) atoms. The van der Waals surface area contributed by atoms with Crippen LogP contribution in [0.4, 0.5) is 28.0 Å². The third kappa shape index (κ3) is 3.10. The molecule has 2 aromatic rings. The van der Waals surface area contributed by atoms with Crippen LogP contribution in [-0.2, 0) is 14.8 Å². The zero-order valence-electron chi connectivity index (χ0n) is 14.7. The van der Waals surface area contributed by atoms with Gasteiger partial charge in [-0.05, 0) is 12.1 Å². The second-order valence-corrected chi connectivity index (χ2v) is 8.21. The number of urea groups is 1. The molecule has 2 aliphatic heterocycles. The predicted molar refractivity (Wildman–Crippen MR) is 92.0 cm³/mol. The molecule has 2 aliphatic rings. The Morgan fingerprint density at radius 1 is 1.20 bits per heavy atom. The standard InChI is InChI=1S/C17H11F4N3O5S/c18-7-3-9(20)14-11(6-29-12(14)4-7)22-13(25)5-24-17(26)23-10-2-1-8(19)15(21)16(10)30(24,27)28/h1-4,11H,5-6H2,(H,22,25)(H,23,26)/t11-/m0/s1. The smallest absolute Gasteiger partial charge is 0.336 e. The van der Waals surface area contributed by atoms with Crippen LogP contribution in [-0.4, -0.2) is 37.8 Å². The minimum Gasteiger partial charge on any atom is -0.490 e. The number of carbonyl (C=O) groups excluding carboxylic acids is 2. The highest BCUT2D eigenvalue weighted by Crippen LogP contribution is 2.36. The van der Waals surface area contributed by atoms with Crippen molar-refractivity contribution in [2.45, 2.75) is 10.9 Å². The lowest BCUT2D eigenvalue weighted by atomic mass is 10.1. The summed E-state index contributed by atoms with van der Waals surface area (Å²) in [6.45, 7) is -1.36. The fourth-order valence-electron chi connectivity index (χ4n) is 3.20. The van der Waals surface area contributed by atoms with E-state index in [0.717, 1.165) is 12.1 Å². The number of hydrogen-bond acceptors (Lipinski definition) is 5. The molecule has 2 N–H and O–H groups in total. The van der Waals surface area contributed by atoms with Gasteiger partial charge in [-0.15, -0.1) is 0 Å². The minimum atomic E-state index is -4.90. The van der Waals surface area contributed by atoms with Crippen LogP contribution in [0.15, 0.2) is 29.2 Å². The quantitative estimate of drug-likeness (QED) is 0.704. The van der Waals surface area contributed by atoms with Crippen LogP contribution in [0.1, 0.15) is 11.6 Å². The topological polar surface area (TPSA) is 105 Å². The molecule has 3 amide bonds. The number of benzene rings is 2. The molecule has 8 nitrogen and oxygen atoms in total. The molecule has 0 saturated heterocycles. The van der Waals surface area contributed by atoms with Crippen LogP contribution in [0.25, 0.3) is 0 Å². The molecular formula is C17H11F4N3O5S. The molecule has 0 saturated carbocycles. The Labute approximate surface area is 166 Å². The summed E-state index contributed by atoms with van der Waals surface area (Å²) >= 11 is 0. The van der Waals surface area contributed by atoms with Crippen LogP contribution >= 0.6 is 0 Å². The van der Waals surface area contributed by atoms with Gasteiger partial charge in [0.05, 0.1) is 17.3 Å². The number of amides is 3. The van der Waals surface area contributed by atoms with Gasteiger partial charge < -0.3 is 15.4 Å². The first-order chi connectivity index (χ1) is 14.1. The van der Waals surface area contributed by atoms with Gasteiger partial charge in [-0.25, -0.2) is 35.1 Å². The maximum atomic E-state index is 14.1. The Kier molecular flexibility index (Phi) is 4.56. The summed E-state index contributed by atoms with van der Waals surface area (Å²) < 4.78 is 85.2. The molecule has 2 aromatic carbocycles. The van der Waals surface area contributed by atoms with E-state index in [1.807, 2.05) is 0 Å². The van der Waals surface area contributed by atoms with Crippen LogP contribution < -0.4 is 15.4 Å². The first-order valence-corrected chi connectivity index (χ1v) is 9.76. The van der Waals surface area contributed by atoms with Crippen molar-refractivity contribution in [3.63, 3.8) is 0 Å². The molecule has 0 radical (unpaired) electrons. The monoisotopic (exact) mass is 445 g/mol. The van der Waals surface area contributed by atoms with Gasteiger partial charge in [-0.3, -0.25) is 4.79 Å². The van der Waals surface area contributed by atoms with Gasteiger partial charge >= 0.3 is 6.03 Å². The van der Waals surface area contributed by atoms with E-state index in [-0.39, 0.29) is 22.2 Å². The highest BCUT2D eigenvalue weighted by atomic mass is 32.2. The number of rotatable bonds is 3. The Morgan fingerprint density at radius 2 is 1.93 bits per heavy atom. The Morgan fingerprint density at radius 3 is 2.67 bits per heavy atom. The largest absolute Gasteiger partial charge is 0.490 e. The van der Waals surface area contributed by atoms with E-state index in [9.17, 15) is 35.6 Å². The number of anilines is 1. The maximum Gasteiger partial charge on any atom is 0.336 e. The number of carbonyl (C=O) groups is 2. The van der Waals surface area contributed by atoms with Gasteiger partial charge in [-0.2, -0.15) is 0 Å². The van der Waals surface area contributed by atoms with Crippen LogP contribution in [0.3, 0.4) is 0 Å². The summed E-state index contributed by atoms with van der Waals surface area (Å²) in [5, 5.41) is 4.33. The van der Waals surface area contributed by atoms with Crippen molar-refractivity contribution in [3.8, 4) is 5.75 Å². The van der Waals surface area contributed by atoms with E-state index in [4.69, 9.17) is 4.74 Å². The average Bonchev–Trinajstić information content (AvgIpc) is 3.04. The molecule has 158 valence electrons. The molecular weight excluding hydrogens is 434 g/mol. The third-order valence-corrected chi connectivity index (χ3v) is 6.29. The van der Waals surface area contributed by atoms with E-state index >= 15 is 0 Å². The number of sulfonamides is 1. The van der Waals surface area contributed by atoms with Gasteiger partial charge in [0, 0.05) is 12.1 Å². The summed E-state index contributed by atoms with van der Waals surface area (Å²) in [5.41, 5.74) is -0.619. The second kappa shape index (κ2) is 6.86. The highest BCUT2D eigenvalue weighted by Gasteiger charge is 2.41. The number of halogens is 4. The summed E-state index contributed by atoms with van der Waals surface area (Å²) in [6.07, 6.45) is 0. The van der Waals surface area contributed by atoms with E-state index in [1.165, 1.54) is 0 Å². The van der Waals surface area contributed by atoms with Crippen molar-refractivity contribution in [2.24, 2.45) is 0 Å².